The highest BCUT2D eigenvalue weighted by molar-refractivity contribution is 7.99. The van der Waals surface area contributed by atoms with Crippen molar-refractivity contribution < 1.29 is 0 Å². The minimum Gasteiger partial charge on any atom is -0.313 e. The summed E-state index contributed by atoms with van der Waals surface area (Å²) in [5.74, 6) is 0. The number of aryl methyl sites for hydroxylation is 2. The van der Waals surface area contributed by atoms with Gasteiger partial charge in [0, 0.05) is 22.7 Å². The van der Waals surface area contributed by atoms with Crippen molar-refractivity contribution in [3.63, 3.8) is 0 Å². The summed E-state index contributed by atoms with van der Waals surface area (Å²) in [6, 6.07) is 11.3. The third-order valence-electron chi connectivity index (χ3n) is 3.98. The maximum absolute atomic E-state index is 4.56. The van der Waals surface area contributed by atoms with Crippen molar-refractivity contribution in [2.24, 2.45) is 0 Å². The Morgan fingerprint density at radius 2 is 2.05 bits per heavy atom. The van der Waals surface area contributed by atoms with Crippen molar-refractivity contribution in [3.05, 3.63) is 53.2 Å². The van der Waals surface area contributed by atoms with E-state index in [-0.39, 0.29) is 0 Å². The van der Waals surface area contributed by atoms with Gasteiger partial charge in [-0.1, -0.05) is 23.9 Å². The van der Waals surface area contributed by atoms with Crippen LogP contribution < -0.4 is 5.32 Å². The molecule has 1 unspecified atom stereocenters. The van der Waals surface area contributed by atoms with Crippen LogP contribution in [0.2, 0.25) is 0 Å². The number of hydrogen-bond acceptors (Lipinski definition) is 3. The predicted octanol–water partition coefficient (Wildman–Crippen LogP) is 4.00. The van der Waals surface area contributed by atoms with Gasteiger partial charge in [-0.2, -0.15) is 0 Å². The number of aromatic nitrogens is 1. The van der Waals surface area contributed by atoms with Gasteiger partial charge in [0.2, 0.25) is 0 Å². The van der Waals surface area contributed by atoms with Crippen LogP contribution >= 0.6 is 11.8 Å². The number of nitrogens with one attached hydrogen (secondary N) is 1. The van der Waals surface area contributed by atoms with Gasteiger partial charge in [0.05, 0.1) is 0 Å². The first-order valence-corrected chi connectivity index (χ1v) is 8.01. The fraction of sp³-hybridized carbons (Fsp3) is 0.353. The molecule has 0 radical (unpaired) electrons. The van der Waals surface area contributed by atoms with Crippen LogP contribution in [-0.4, -0.2) is 12.0 Å². The quantitative estimate of drug-likeness (QED) is 0.918. The second-order valence-corrected chi connectivity index (χ2v) is 6.36. The van der Waals surface area contributed by atoms with E-state index >= 15 is 0 Å². The molecule has 0 aliphatic heterocycles. The molecule has 2 nitrogen and oxygen atoms in total. The Morgan fingerprint density at radius 1 is 1.20 bits per heavy atom. The van der Waals surface area contributed by atoms with E-state index in [4.69, 9.17) is 0 Å². The molecule has 0 saturated heterocycles. The zero-order chi connectivity index (χ0) is 13.9. The third kappa shape index (κ3) is 2.74. The summed E-state index contributed by atoms with van der Waals surface area (Å²) in [5.41, 5.74) is 4.31. The number of pyridine rings is 1. The van der Waals surface area contributed by atoms with Crippen LogP contribution in [0.1, 0.15) is 36.1 Å². The molecule has 0 spiro atoms. The maximum atomic E-state index is 4.56. The van der Waals surface area contributed by atoms with E-state index in [1.807, 2.05) is 19.3 Å². The van der Waals surface area contributed by atoms with Crippen molar-refractivity contribution in [1.29, 1.82) is 0 Å². The Bertz CT molecular complexity index is 610. The van der Waals surface area contributed by atoms with Gasteiger partial charge in [0.15, 0.2) is 0 Å². The van der Waals surface area contributed by atoms with Gasteiger partial charge >= 0.3 is 0 Å². The molecule has 1 aromatic heterocycles. The molecule has 1 aliphatic carbocycles. The first-order valence-electron chi connectivity index (χ1n) is 7.20. The molecule has 2 aromatic rings. The van der Waals surface area contributed by atoms with Gasteiger partial charge in [0.25, 0.3) is 0 Å². The van der Waals surface area contributed by atoms with E-state index in [9.17, 15) is 0 Å². The molecule has 0 fully saturated rings. The summed E-state index contributed by atoms with van der Waals surface area (Å²) < 4.78 is 0. The Labute approximate surface area is 125 Å². The highest BCUT2D eigenvalue weighted by Crippen LogP contribution is 2.34. The molecule has 1 heterocycles. The average molecular weight is 284 g/mol. The molecule has 104 valence electrons. The summed E-state index contributed by atoms with van der Waals surface area (Å²) in [6.07, 6.45) is 5.65. The summed E-state index contributed by atoms with van der Waals surface area (Å²) in [5, 5.41) is 4.40. The molecule has 1 aromatic carbocycles. The van der Waals surface area contributed by atoms with Crippen LogP contribution in [0, 0.1) is 0 Å². The molecule has 0 bridgehead atoms. The minimum absolute atomic E-state index is 0.320. The second kappa shape index (κ2) is 5.98. The molecule has 0 saturated carbocycles. The SMILES string of the molecule is CNC(C)c1cccnc1Sc1ccc2c(c1)CCC2. The van der Waals surface area contributed by atoms with E-state index < -0.39 is 0 Å². The lowest BCUT2D eigenvalue weighted by molar-refractivity contribution is 0.634. The maximum Gasteiger partial charge on any atom is 0.105 e. The van der Waals surface area contributed by atoms with E-state index in [0.717, 1.165) is 5.03 Å². The van der Waals surface area contributed by atoms with E-state index in [1.165, 1.54) is 40.8 Å². The van der Waals surface area contributed by atoms with Crippen LogP contribution in [0.5, 0.6) is 0 Å². The number of fused-ring (bicyclic) bond motifs is 1. The molecule has 0 amide bonds. The molecule has 1 N–H and O–H groups in total. The van der Waals surface area contributed by atoms with Gasteiger partial charge in [-0.3, -0.25) is 0 Å². The van der Waals surface area contributed by atoms with Crippen LogP contribution in [-0.2, 0) is 12.8 Å². The second-order valence-electron chi connectivity index (χ2n) is 5.29. The highest BCUT2D eigenvalue weighted by Gasteiger charge is 2.14. The topological polar surface area (TPSA) is 24.9 Å². The summed E-state index contributed by atoms with van der Waals surface area (Å²) in [6.45, 7) is 2.17. The fourth-order valence-electron chi connectivity index (χ4n) is 2.70. The monoisotopic (exact) mass is 284 g/mol. The Morgan fingerprint density at radius 3 is 2.90 bits per heavy atom. The van der Waals surface area contributed by atoms with Crippen LogP contribution in [0.15, 0.2) is 46.5 Å². The number of benzene rings is 1. The van der Waals surface area contributed by atoms with Crippen molar-refractivity contribution in [1.82, 2.24) is 10.3 Å². The largest absolute Gasteiger partial charge is 0.313 e. The standard InChI is InChI=1S/C17H20N2S/c1-12(18-2)16-7-4-10-19-17(16)20-15-9-8-13-5-3-6-14(13)11-15/h4,7-12,18H,3,5-6H2,1-2H3. The van der Waals surface area contributed by atoms with Crippen LogP contribution in [0.3, 0.4) is 0 Å². The van der Waals surface area contributed by atoms with E-state index in [1.54, 1.807) is 11.8 Å². The highest BCUT2D eigenvalue weighted by atomic mass is 32.2. The fourth-order valence-corrected chi connectivity index (χ4v) is 3.73. The molecule has 3 heteroatoms. The van der Waals surface area contributed by atoms with E-state index in [0.29, 0.717) is 6.04 Å². The first-order chi connectivity index (χ1) is 9.78. The minimum atomic E-state index is 0.320. The molecule has 1 aliphatic rings. The van der Waals surface area contributed by atoms with Gasteiger partial charge in [-0.25, -0.2) is 4.98 Å². The smallest absolute Gasteiger partial charge is 0.105 e. The molecule has 3 rings (SSSR count). The zero-order valence-electron chi connectivity index (χ0n) is 12.0. The van der Waals surface area contributed by atoms with Crippen LogP contribution in [0.4, 0.5) is 0 Å². The number of nitrogens with zero attached hydrogens (tertiary/aromatic N) is 1. The zero-order valence-corrected chi connectivity index (χ0v) is 12.8. The van der Waals surface area contributed by atoms with Crippen molar-refractivity contribution in [3.8, 4) is 0 Å². The Hall–Kier alpha value is -1.32. The Kier molecular flexibility index (Phi) is 4.08. The van der Waals surface area contributed by atoms with Crippen molar-refractivity contribution in [2.45, 2.75) is 42.1 Å². The number of rotatable bonds is 4. The summed E-state index contributed by atoms with van der Waals surface area (Å²) >= 11 is 1.77. The van der Waals surface area contributed by atoms with Gasteiger partial charge in [-0.05, 0) is 62.6 Å². The van der Waals surface area contributed by atoms with Crippen molar-refractivity contribution >= 4 is 11.8 Å². The molecule has 1 atom stereocenters. The molecular weight excluding hydrogens is 264 g/mol. The van der Waals surface area contributed by atoms with Gasteiger partial charge in [-0.15, -0.1) is 0 Å². The predicted molar refractivity (Wildman–Crippen MR) is 84.3 cm³/mol. The first kappa shape index (κ1) is 13.7. The molecular formula is C17H20N2S. The van der Waals surface area contributed by atoms with Gasteiger partial charge in [0.1, 0.15) is 5.03 Å². The summed E-state index contributed by atoms with van der Waals surface area (Å²) in [7, 11) is 1.99. The summed E-state index contributed by atoms with van der Waals surface area (Å²) in [4.78, 5) is 5.86. The lowest BCUT2D eigenvalue weighted by atomic mass is 10.1. The third-order valence-corrected chi connectivity index (χ3v) is 5.01. The van der Waals surface area contributed by atoms with Crippen molar-refractivity contribution in [2.75, 3.05) is 7.05 Å². The van der Waals surface area contributed by atoms with E-state index in [2.05, 4.69) is 41.5 Å². The normalized spacial score (nSPS) is 15.1. The van der Waals surface area contributed by atoms with Gasteiger partial charge < -0.3 is 5.32 Å². The lowest BCUT2D eigenvalue weighted by Crippen LogP contribution is -2.13. The van der Waals surface area contributed by atoms with Crippen LogP contribution in [0.25, 0.3) is 0 Å². The lowest BCUT2D eigenvalue weighted by Gasteiger charge is -2.14. The Balaban J connectivity index is 1.88. The average Bonchev–Trinajstić information content (AvgIpc) is 2.94. The molecule has 20 heavy (non-hydrogen) atoms. The number of hydrogen-bond donors (Lipinski definition) is 1.